The number of nitrogen functional groups attached to an aromatic ring is 1. The SMILES string of the molecule is CC1(CNc2c(N)cccc2C(=O)O)CCCCC1. The Morgan fingerprint density at radius 2 is 2.05 bits per heavy atom. The maximum atomic E-state index is 11.2. The lowest BCUT2D eigenvalue weighted by atomic mass is 9.75. The highest BCUT2D eigenvalue weighted by Gasteiger charge is 2.27. The Morgan fingerprint density at radius 3 is 2.68 bits per heavy atom. The Bertz CT molecular complexity index is 465. The minimum atomic E-state index is -0.941. The van der Waals surface area contributed by atoms with Crippen LogP contribution in [0.1, 0.15) is 49.4 Å². The van der Waals surface area contributed by atoms with Gasteiger partial charge in [0.1, 0.15) is 0 Å². The average molecular weight is 262 g/mol. The van der Waals surface area contributed by atoms with E-state index < -0.39 is 5.97 Å². The molecule has 0 spiro atoms. The van der Waals surface area contributed by atoms with Gasteiger partial charge >= 0.3 is 5.97 Å². The molecule has 1 aliphatic rings. The molecule has 1 saturated carbocycles. The molecule has 2 rings (SSSR count). The number of hydrogen-bond acceptors (Lipinski definition) is 3. The Kier molecular flexibility index (Phi) is 3.98. The molecule has 0 atom stereocenters. The van der Waals surface area contributed by atoms with E-state index in [4.69, 9.17) is 5.73 Å². The topological polar surface area (TPSA) is 75.3 Å². The van der Waals surface area contributed by atoms with Crippen LogP contribution in [0.4, 0.5) is 11.4 Å². The fraction of sp³-hybridized carbons (Fsp3) is 0.533. The second kappa shape index (κ2) is 5.51. The normalized spacial score (nSPS) is 17.9. The van der Waals surface area contributed by atoms with Gasteiger partial charge in [0.25, 0.3) is 0 Å². The Labute approximate surface area is 114 Å². The van der Waals surface area contributed by atoms with Gasteiger partial charge in [0, 0.05) is 6.54 Å². The Balaban J connectivity index is 2.12. The number of carbonyl (C=O) groups is 1. The highest BCUT2D eigenvalue weighted by atomic mass is 16.4. The van der Waals surface area contributed by atoms with Gasteiger partial charge in [-0.2, -0.15) is 0 Å². The predicted octanol–water partition coefficient (Wildman–Crippen LogP) is 3.35. The van der Waals surface area contributed by atoms with Crippen molar-refractivity contribution in [3.63, 3.8) is 0 Å². The van der Waals surface area contributed by atoms with E-state index in [1.54, 1.807) is 18.2 Å². The highest BCUT2D eigenvalue weighted by Crippen LogP contribution is 2.36. The summed E-state index contributed by atoms with van der Waals surface area (Å²) in [5.41, 5.74) is 7.44. The first-order valence-electron chi connectivity index (χ1n) is 6.87. The van der Waals surface area contributed by atoms with Crippen LogP contribution >= 0.6 is 0 Å². The second-order valence-corrected chi connectivity index (χ2v) is 5.80. The zero-order chi connectivity index (χ0) is 13.9. The molecule has 4 nitrogen and oxygen atoms in total. The zero-order valence-corrected chi connectivity index (χ0v) is 11.4. The van der Waals surface area contributed by atoms with Gasteiger partial charge in [-0.3, -0.25) is 0 Å². The van der Waals surface area contributed by atoms with Crippen LogP contribution in [0.25, 0.3) is 0 Å². The van der Waals surface area contributed by atoms with Gasteiger partial charge < -0.3 is 16.2 Å². The lowest BCUT2D eigenvalue weighted by molar-refractivity contribution is 0.0698. The summed E-state index contributed by atoms with van der Waals surface area (Å²) in [5.74, 6) is -0.941. The van der Waals surface area contributed by atoms with Crippen molar-refractivity contribution in [2.45, 2.75) is 39.0 Å². The summed E-state index contributed by atoms with van der Waals surface area (Å²) in [6.45, 7) is 3.04. The summed E-state index contributed by atoms with van der Waals surface area (Å²) in [5, 5.41) is 12.5. The molecule has 1 aromatic rings. The van der Waals surface area contributed by atoms with Crippen LogP contribution in [-0.2, 0) is 0 Å². The van der Waals surface area contributed by atoms with Crippen LogP contribution in [0, 0.1) is 5.41 Å². The fourth-order valence-electron chi connectivity index (χ4n) is 2.83. The van der Waals surface area contributed by atoms with E-state index in [0.29, 0.717) is 11.4 Å². The molecule has 0 aliphatic heterocycles. The largest absolute Gasteiger partial charge is 0.478 e. The summed E-state index contributed by atoms with van der Waals surface area (Å²) in [4.78, 5) is 11.2. The molecule has 0 saturated heterocycles. The number of carboxylic acids is 1. The first-order chi connectivity index (χ1) is 9.02. The zero-order valence-electron chi connectivity index (χ0n) is 11.4. The Morgan fingerprint density at radius 1 is 1.37 bits per heavy atom. The number of para-hydroxylation sites is 1. The summed E-state index contributed by atoms with van der Waals surface area (Å²) in [7, 11) is 0. The first-order valence-corrected chi connectivity index (χ1v) is 6.87. The number of hydrogen-bond donors (Lipinski definition) is 3. The minimum Gasteiger partial charge on any atom is -0.478 e. The molecule has 0 heterocycles. The van der Waals surface area contributed by atoms with Crippen LogP contribution in [0.2, 0.25) is 0 Å². The third kappa shape index (κ3) is 3.19. The van der Waals surface area contributed by atoms with E-state index in [0.717, 1.165) is 6.54 Å². The Hall–Kier alpha value is -1.71. The molecule has 19 heavy (non-hydrogen) atoms. The van der Waals surface area contributed by atoms with E-state index >= 15 is 0 Å². The monoisotopic (exact) mass is 262 g/mol. The van der Waals surface area contributed by atoms with Gasteiger partial charge in [-0.15, -0.1) is 0 Å². The van der Waals surface area contributed by atoms with Crippen molar-refractivity contribution in [1.82, 2.24) is 0 Å². The predicted molar refractivity (Wildman–Crippen MR) is 77.5 cm³/mol. The van der Waals surface area contributed by atoms with Crippen molar-refractivity contribution in [1.29, 1.82) is 0 Å². The van der Waals surface area contributed by atoms with Crippen molar-refractivity contribution in [3.05, 3.63) is 23.8 Å². The number of anilines is 2. The smallest absolute Gasteiger partial charge is 0.337 e. The van der Waals surface area contributed by atoms with Gasteiger partial charge in [-0.25, -0.2) is 4.79 Å². The maximum absolute atomic E-state index is 11.2. The molecule has 0 amide bonds. The molecule has 0 aromatic heterocycles. The van der Waals surface area contributed by atoms with Gasteiger partial charge in [0.15, 0.2) is 0 Å². The van der Waals surface area contributed by atoms with Crippen LogP contribution in [-0.4, -0.2) is 17.6 Å². The summed E-state index contributed by atoms with van der Waals surface area (Å²) in [6.07, 6.45) is 6.20. The van der Waals surface area contributed by atoms with E-state index in [1.807, 2.05) is 0 Å². The van der Waals surface area contributed by atoms with Crippen molar-refractivity contribution >= 4 is 17.3 Å². The molecule has 104 valence electrons. The van der Waals surface area contributed by atoms with E-state index in [1.165, 1.54) is 32.1 Å². The van der Waals surface area contributed by atoms with Gasteiger partial charge in [0.2, 0.25) is 0 Å². The fourth-order valence-corrected chi connectivity index (χ4v) is 2.83. The number of rotatable bonds is 4. The van der Waals surface area contributed by atoms with E-state index in [9.17, 15) is 9.90 Å². The lowest BCUT2D eigenvalue weighted by Gasteiger charge is -2.34. The summed E-state index contributed by atoms with van der Waals surface area (Å²) in [6, 6.07) is 4.99. The van der Waals surface area contributed by atoms with Crippen LogP contribution in [0.5, 0.6) is 0 Å². The van der Waals surface area contributed by atoms with Crippen LogP contribution in [0.3, 0.4) is 0 Å². The molecule has 0 unspecified atom stereocenters. The van der Waals surface area contributed by atoms with Crippen molar-refractivity contribution in [3.8, 4) is 0 Å². The van der Waals surface area contributed by atoms with Crippen LogP contribution in [0.15, 0.2) is 18.2 Å². The minimum absolute atomic E-state index is 0.246. The number of nitrogens with two attached hydrogens (primary N) is 1. The van der Waals surface area contributed by atoms with Crippen molar-refractivity contribution in [2.24, 2.45) is 5.41 Å². The van der Waals surface area contributed by atoms with Gasteiger partial charge in [-0.1, -0.05) is 32.3 Å². The maximum Gasteiger partial charge on any atom is 0.337 e. The third-order valence-corrected chi connectivity index (χ3v) is 4.08. The molecule has 4 N–H and O–H groups in total. The van der Waals surface area contributed by atoms with Crippen molar-refractivity contribution in [2.75, 3.05) is 17.6 Å². The average Bonchev–Trinajstić information content (AvgIpc) is 2.38. The third-order valence-electron chi connectivity index (χ3n) is 4.08. The number of benzene rings is 1. The summed E-state index contributed by atoms with van der Waals surface area (Å²) >= 11 is 0. The number of aromatic carboxylic acids is 1. The molecule has 0 bridgehead atoms. The molecule has 0 radical (unpaired) electrons. The first kappa shape index (κ1) is 13.7. The molecule has 1 aromatic carbocycles. The summed E-state index contributed by atoms with van der Waals surface area (Å²) < 4.78 is 0. The molecular weight excluding hydrogens is 240 g/mol. The number of carboxylic acid groups (broad SMARTS) is 1. The van der Waals surface area contributed by atoms with Gasteiger partial charge in [0.05, 0.1) is 16.9 Å². The van der Waals surface area contributed by atoms with Crippen molar-refractivity contribution < 1.29 is 9.90 Å². The molecule has 1 fully saturated rings. The highest BCUT2D eigenvalue weighted by molar-refractivity contribution is 5.97. The lowest BCUT2D eigenvalue weighted by Crippen LogP contribution is -2.29. The molecule has 4 heteroatoms. The van der Waals surface area contributed by atoms with E-state index in [2.05, 4.69) is 12.2 Å². The van der Waals surface area contributed by atoms with Gasteiger partial charge in [-0.05, 0) is 30.4 Å². The molecular formula is C15H22N2O2. The second-order valence-electron chi connectivity index (χ2n) is 5.80. The standard InChI is InChI=1S/C15H22N2O2/c1-15(8-3-2-4-9-15)10-17-13-11(14(18)19)6-5-7-12(13)16/h5-7,17H,2-4,8-10,16H2,1H3,(H,18,19). The molecule has 1 aliphatic carbocycles. The number of nitrogens with one attached hydrogen (secondary N) is 1. The quantitative estimate of drug-likeness (QED) is 0.727. The van der Waals surface area contributed by atoms with Crippen LogP contribution < -0.4 is 11.1 Å². The van der Waals surface area contributed by atoms with E-state index in [-0.39, 0.29) is 11.0 Å².